The van der Waals surface area contributed by atoms with E-state index in [1.165, 1.54) is 38.5 Å². The first-order valence-corrected chi connectivity index (χ1v) is 10.9. The van der Waals surface area contributed by atoms with E-state index in [0.29, 0.717) is 23.2 Å². The van der Waals surface area contributed by atoms with Gasteiger partial charge in [0.05, 0.1) is 19.3 Å². The van der Waals surface area contributed by atoms with Crippen LogP contribution in [0.3, 0.4) is 0 Å². The molecule has 3 heteroatoms. The van der Waals surface area contributed by atoms with Crippen LogP contribution in [0.15, 0.2) is 0 Å². The van der Waals surface area contributed by atoms with Crippen molar-refractivity contribution in [1.82, 2.24) is 0 Å². The quantitative estimate of drug-likeness (QED) is 0.706. The lowest BCUT2D eigenvalue weighted by atomic mass is 9.43. The molecule has 5 aliphatic rings. The van der Waals surface area contributed by atoms with Crippen molar-refractivity contribution in [1.29, 1.82) is 0 Å². The molecule has 8 atom stereocenters. The largest absolute Gasteiger partial charge is 0.393 e. The summed E-state index contributed by atoms with van der Waals surface area (Å²) in [5.74, 6) is 3.12. The lowest BCUT2D eigenvalue weighted by Gasteiger charge is -2.63. The Kier molecular flexibility index (Phi) is 3.71. The molecule has 1 aliphatic heterocycles. The first-order valence-electron chi connectivity index (χ1n) is 10.9. The molecule has 0 radical (unpaired) electrons. The van der Waals surface area contributed by atoms with E-state index in [1.54, 1.807) is 0 Å². The van der Waals surface area contributed by atoms with Crippen molar-refractivity contribution in [3.8, 4) is 0 Å². The number of hydrogen-bond acceptors (Lipinski definition) is 3. The van der Waals surface area contributed by atoms with E-state index < -0.39 is 5.79 Å². The summed E-state index contributed by atoms with van der Waals surface area (Å²) in [6.07, 6.45) is 9.67. The standard InChI is InChI=1S/C22H36O3/c1-14-6-8-20(2)15(12-14)4-5-16-17-7-9-22(24-10-11-25-22)21(17,3)13-18(23)19(16)20/h14-19,23H,4-13H2,1-3H3/t14-,15-,16?,17?,18+,19?,20+,21+/m1/s1. The predicted molar refractivity (Wildman–Crippen MR) is 96.9 cm³/mol. The van der Waals surface area contributed by atoms with E-state index in [1.807, 2.05) is 0 Å². The number of aliphatic hydroxyl groups is 1. The zero-order valence-electron chi connectivity index (χ0n) is 16.3. The molecular formula is C22H36O3. The smallest absolute Gasteiger partial charge is 0.174 e. The third-order valence-corrected chi connectivity index (χ3v) is 9.66. The summed E-state index contributed by atoms with van der Waals surface area (Å²) in [5, 5.41) is 11.4. The van der Waals surface area contributed by atoms with Gasteiger partial charge in [0.2, 0.25) is 0 Å². The van der Waals surface area contributed by atoms with Crippen LogP contribution in [0.5, 0.6) is 0 Å². The highest BCUT2D eigenvalue weighted by atomic mass is 16.7. The molecule has 0 aromatic carbocycles. The van der Waals surface area contributed by atoms with Gasteiger partial charge < -0.3 is 14.6 Å². The summed E-state index contributed by atoms with van der Waals surface area (Å²) < 4.78 is 12.4. The second kappa shape index (κ2) is 5.45. The first-order chi connectivity index (χ1) is 11.9. The van der Waals surface area contributed by atoms with Crippen LogP contribution in [0.2, 0.25) is 0 Å². The molecule has 5 rings (SSSR count). The molecule has 5 fully saturated rings. The van der Waals surface area contributed by atoms with Crippen LogP contribution in [0.4, 0.5) is 0 Å². The fourth-order valence-electron chi connectivity index (χ4n) is 8.48. The Hall–Kier alpha value is -0.120. The normalized spacial score (nSPS) is 57.1. The highest BCUT2D eigenvalue weighted by Crippen LogP contribution is 2.69. The van der Waals surface area contributed by atoms with Crippen LogP contribution in [-0.4, -0.2) is 30.2 Å². The maximum absolute atomic E-state index is 11.4. The van der Waals surface area contributed by atoms with E-state index in [2.05, 4.69) is 20.8 Å². The molecule has 3 nitrogen and oxygen atoms in total. The Morgan fingerprint density at radius 1 is 0.960 bits per heavy atom. The van der Waals surface area contributed by atoms with E-state index in [9.17, 15) is 5.11 Å². The lowest BCUT2D eigenvalue weighted by Crippen LogP contribution is -2.61. The Morgan fingerprint density at radius 2 is 1.72 bits per heavy atom. The van der Waals surface area contributed by atoms with Crippen molar-refractivity contribution < 1.29 is 14.6 Å². The van der Waals surface area contributed by atoms with Crippen LogP contribution in [0.25, 0.3) is 0 Å². The van der Waals surface area contributed by atoms with Gasteiger partial charge >= 0.3 is 0 Å². The molecule has 4 saturated carbocycles. The third-order valence-electron chi connectivity index (χ3n) is 9.66. The summed E-state index contributed by atoms with van der Waals surface area (Å²) in [6, 6.07) is 0. The second-order valence-corrected chi connectivity index (χ2v) is 10.6. The molecule has 4 aliphatic carbocycles. The topological polar surface area (TPSA) is 38.7 Å². The van der Waals surface area contributed by atoms with Crippen molar-refractivity contribution >= 4 is 0 Å². The number of ether oxygens (including phenoxy) is 2. The molecular weight excluding hydrogens is 312 g/mol. The molecule has 0 aromatic rings. The molecule has 1 saturated heterocycles. The summed E-state index contributed by atoms with van der Waals surface area (Å²) in [5.41, 5.74) is 0.346. The summed E-state index contributed by atoms with van der Waals surface area (Å²) in [4.78, 5) is 0. The molecule has 0 aromatic heterocycles. The fraction of sp³-hybridized carbons (Fsp3) is 1.00. The average Bonchev–Trinajstić information content (AvgIpc) is 3.15. The van der Waals surface area contributed by atoms with Gasteiger partial charge in [0.1, 0.15) is 0 Å². The van der Waals surface area contributed by atoms with E-state index in [0.717, 1.165) is 37.9 Å². The summed E-state index contributed by atoms with van der Waals surface area (Å²) >= 11 is 0. The Morgan fingerprint density at radius 3 is 2.48 bits per heavy atom. The average molecular weight is 349 g/mol. The number of rotatable bonds is 0. The zero-order valence-corrected chi connectivity index (χ0v) is 16.3. The van der Waals surface area contributed by atoms with Gasteiger partial charge in [0.15, 0.2) is 5.79 Å². The Bertz CT molecular complexity index is 541. The van der Waals surface area contributed by atoms with Gasteiger partial charge in [-0.3, -0.25) is 0 Å². The number of fused-ring (bicyclic) bond motifs is 6. The van der Waals surface area contributed by atoms with Gasteiger partial charge in [-0.05, 0) is 73.5 Å². The maximum atomic E-state index is 11.4. The molecule has 142 valence electrons. The molecule has 1 N–H and O–H groups in total. The van der Waals surface area contributed by atoms with Crippen molar-refractivity contribution in [3.05, 3.63) is 0 Å². The SMILES string of the molecule is C[C@@H]1CC[C@]2(C)C3C(CC[C@@H]2C1)C1CCC2(OCCO2)[C@@]1(C)C[C@@H]3O. The van der Waals surface area contributed by atoms with Gasteiger partial charge in [-0.2, -0.15) is 0 Å². The molecule has 3 unspecified atom stereocenters. The Labute approximate surface area is 152 Å². The molecule has 1 spiro atoms. The first kappa shape index (κ1) is 17.0. The van der Waals surface area contributed by atoms with Gasteiger partial charge in [-0.1, -0.05) is 27.2 Å². The minimum absolute atomic E-state index is 0.00472. The molecule has 1 heterocycles. The summed E-state index contributed by atoms with van der Waals surface area (Å²) in [6.45, 7) is 8.77. The van der Waals surface area contributed by atoms with Crippen molar-refractivity contribution in [3.63, 3.8) is 0 Å². The van der Waals surface area contributed by atoms with Crippen molar-refractivity contribution in [2.24, 2.45) is 40.4 Å². The van der Waals surface area contributed by atoms with Crippen molar-refractivity contribution in [2.75, 3.05) is 13.2 Å². The molecule has 0 bridgehead atoms. The van der Waals surface area contributed by atoms with Gasteiger partial charge in [-0.25, -0.2) is 0 Å². The zero-order chi connectivity index (χ0) is 17.4. The van der Waals surface area contributed by atoms with Crippen LogP contribution in [0.1, 0.15) is 72.1 Å². The highest BCUT2D eigenvalue weighted by molar-refractivity contribution is 5.14. The van der Waals surface area contributed by atoms with Gasteiger partial charge in [0, 0.05) is 11.8 Å². The predicted octanol–water partition coefficient (Wildman–Crippen LogP) is 4.38. The highest BCUT2D eigenvalue weighted by Gasteiger charge is 2.69. The minimum Gasteiger partial charge on any atom is -0.393 e. The third kappa shape index (κ3) is 2.09. The number of aliphatic hydroxyl groups excluding tert-OH is 1. The van der Waals surface area contributed by atoms with Crippen LogP contribution in [0, 0.1) is 40.4 Å². The summed E-state index contributed by atoms with van der Waals surface area (Å²) in [7, 11) is 0. The van der Waals surface area contributed by atoms with Crippen LogP contribution in [-0.2, 0) is 9.47 Å². The Balaban J connectivity index is 1.49. The maximum Gasteiger partial charge on any atom is 0.174 e. The fourth-order valence-corrected chi connectivity index (χ4v) is 8.48. The van der Waals surface area contributed by atoms with Crippen molar-refractivity contribution in [2.45, 2.75) is 84.0 Å². The molecule has 0 amide bonds. The number of hydrogen-bond donors (Lipinski definition) is 1. The van der Waals surface area contributed by atoms with E-state index in [4.69, 9.17) is 9.47 Å². The molecule has 25 heavy (non-hydrogen) atoms. The van der Waals surface area contributed by atoms with E-state index in [-0.39, 0.29) is 11.5 Å². The van der Waals surface area contributed by atoms with Gasteiger partial charge in [-0.15, -0.1) is 0 Å². The monoisotopic (exact) mass is 348 g/mol. The van der Waals surface area contributed by atoms with E-state index >= 15 is 0 Å². The second-order valence-electron chi connectivity index (χ2n) is 10.6. The van der Waals surface area contributed by atoms with Gasteiger partial charge in [0.25, 0.3) is 0 Å². The van der Waals surface area contributed by atoms with Crippen LogP contribution >= 0.6 is 0 Å². The van der Waals surface area contributed by atoms with Crippen LogP contribution < -0.4 is 0 Å². The minimum atomic E-state index is -0.400. The lowest BCUT2D eigenvalue weighted by molar-refractivity contribution is -0.264.